The highest BCUT2D eigenvalue weighted by atomic mass is 32.1. The van der Waals surface area contributed by atoms with Crippen LogP contribution in [0, 0.1) is 0 Å². The molecule has 10 aromatic rings. The average Bonchev–Trinajstić information content (AvgIpc) is 3.74. The van der Waals surface area contributed by atoms with Gasteiger partial charge in [-0.1, -0.05) is 121 Å². The van der Waals surface area contributed by atoms with Gasteiger partial charge in [-0.05, 0) is 46.8 Å². The third-order valence-electron chi connectivity index (χ3n) is 9.15. The molecule has 48 heavy (non-hydrogen) atoms. The first-order chi connectivity index (χ1) is 23.8. The van der Waals surface area contributed by atoms with E-state index in [2.05, 4.69) is 109 Å². The number of para-hydroxylation sites is 1. The lowest BCUT2D eigenvalue weighted by atomic mass is 9.95. The second-order valence-electron chi connectivity index (χ2n) is 12.0. The van der Waals surface area contributed by atoms with Crippen molar-refractivity contribution in [3.63, 3.8) is 0 Å². The Kier molecular flexibility index (Phi) is 6.01. The van der Waals surface area contributed by atoms with Crippen LogP contribution in [0.4, 0.5) is 0 Å². The first-order valence-corrected chi connectivity index (χ1v) is 16.8. The average molecular weight is 632 g/mol. The van der Waals surface area contributed by atoms with Gasteiger partial charge in [0.05, 0.1) is 0 Å². The van der Waals surface area contributed by atoms with Crippen molar-refractivity contribution in [2.45, 2.75) is 0 Å². The molecule has 3 heterocycles. The molecule has 4 nitrogen and oxygen atoms in total. The molecule has 3 aromatic heterocycles. The number of benzene rings is 7. The van der Waals surface area contributed by atoms with Gasteiger partial charge in [0.1, 0.15) is 11.2 Å². The maximum absolute atomic E-state index is 6.38. The van der Waals surface area contributed by atoms with Crippen molar-refractivity contribution in [1.29, 1.82) is 0 Å². The molecule has 10 rings (SSSR count). The molecule has 0 saturated heterocycles. The summed E-state index contributed by atoms with van der Waals surface area (Å²) < 4.78 is 8.81. The summed E-state index contributed by atoms with van der Waals surface area (Å²) >= 11 is 1.78. The lowest BCUT2D eigenvalue weighted by molar-refractivity contribution is 0.672. The second kappa shape index (κ2) is 10.7. The lowest BCUT2D eigenvalue weighted by Gasteiger charge is -2.11. The minimum atomic E-state index is 0.638. The van der Waals surface area contributed by atoms with Gasteiger partial charge in [0.2, 0.25) is 0 Å². The number of aromatic nitrogens is 3. The molecule has 5 heteroatoms. The lowest BCUT2D eigenvalue weighted by Crippen LogP contribution is -2.00. The van der Waals surface area contributed by atoms with Crippen LogP contribution in [0.15, 0.2) is 156 Å². The van der Waals surface area contributed by atoms with Crippen molar-refractivity contribution in [3.05, 3.63) is 152 Å². The quantitative estimate of drug-likeness (QED) is 0.194. The Morgan fingerprint density at radius 3 is 1.90 bits per heavy atom. The molecule has 224 valence electrons. The number of thiophene rings is 1. The molecule has 0 amide bonds. The van der Waals surface area contributed by atoms with Gasteiger partial charge in [-0.15, -0.1) is 11.3 Å². The highest BCUT2D eigenvalue weighted by Gasteiger charge is 2.18. The normalized spacial score (nSPS) is 11.8. The van der Waals surface area contributed by atoms with E-state index < -0.39 is 0 Å². The number of hydrogen-bond donors (Lipinski definition) is 0. The molecule has 0 fully saturated rings. The van der Waals surface area contributed by atoms with E-state index in [1.165, 1.54) is 20.2 Å². The van der Waals surface area contributed by atoms with Crippen molar-refractivity contribution in [2.24, 2.45) is 0 Å². The van der Waals surface area contributed by atoms with E-state index in [1.54, 1.807) is 11.3 Å². The van der Waals surface area contributed by atoms with Crippen molar-refractivity contribution in [1.82, 2.24) is 15.0 Å². The molecule has 0 spiro atoms. The van der Waals surface area contributed by atoms with Crippen LogP contribution < -0.4 is 0 Å². The van der Waals surface area contributed by atoms with E-state index in [4.69, 9.17) is 19.4 Å². The van der Waals surface area contributed by atoms with Gasteiger partial charge in [0.15, 0.2) is 17.5 Å². The predicted molar refractivity (Wildman–Crippen MR) is 199 cm³/mol. The molecule has 0 aliphatic heterocycles. The van der Waals surface area contributed by atoms with Crippen molar-refractivity contribution in [3.8, 4) is 45.3 Å². The minimum absolute atomic E-state index is 0.638. The molecular formula is C43H25N3OS. The smallest absolute Gasteiger partial charge is 0.165 e. The standard InChI is InChI=1S/C43H25N3OS/c1-2-11-26(12-3-1)41-44-42(46-43(45-41)36-20-10-19-35-32-16-5-7-22-38(32)48-40(35)36)28-14-8-13-27(25-28)29-17-9-18-33-30(29)23-24-34-31-15-4-6-21-37(31)47-39(33)34/h1-25H. The van der Waals surface area contributed by atoms with Crippen LogP contribution in [-0.4, -0.2) is 15.0 Å². The second-order valence-corrected chi connectivity index (χ2v) is 13.0. The Bertz CT molecular complexity index is 2850. The number of nitrogens with zero attached hydrogens (tertiary/aromatic N) is 3. The Morgan fingerprint density at radius 1 is 0.396 bits per heavy atom. The Hall–Kier alpha value is -6.17. The molecule has 7 aromatic carbocycles. The van der Waals surface area contributed by atoms with E-state index in [0.29, 0.717) is 17.5 Å². The molecule has 0 saturated carbocycles. The summed E-state index contributed by atoms with van der Waals surface area (Å²) in [5.41, 5.74) is 6.92. The number of fused-ring (bicyclic) bond motifs is 8. The third-order valence-corrected chi connectivity index (χ3v) is 10.4. The zero-order chi connectivity index (χ0) is 31.6. The van der Waals surface area contributed by atoms with Crippen molar-refractivity contribution < 1.29 is 4.42 Å². The summed E-state index contributed by atoms with van der Waals surface area (Å²) in [5.74, 6) is 1.95. The van der Waals surface area contributed by atoms with Gasteiger partial charge in [-0.25, -0.2) is 15.0 Å². The fourth-order valence-corrected chi connectivity index (χ4v) is 8.09. The summed E-state index contributed by atoms with van der Waals surface area (Å²) in [6.07, 6.45) is 0. The number of furan rings is 1. The van der Waals surface area contributed by atoms with Crippen LogP contribution in [0.5, 0.6) is 0 Å². The highest BCUT2D eigenvalue weighted by Crippen LogP contribution is 2.41. The summed E-state index contributed by atoms with van der Waals surface area (Å²) in [7, 11) is 0. The summed E-state index contributed by atoms with van der Waals surface area (Å²) in [6, 6.07) is 52.6. The van der Waals surface area contributed by atoms with Crippen LogP contribution in [0.2, 0.25) is 0 Å². The maximum atomic E-state index is 6.38. The summed E-state index contributed by atoms with van der Waals surface area (Å²) in [6.45, 7) is 0. The SMILES string of the molecule is c1ccc(-c2nc(-c3cccc(-c4cccc5c4ccc4c6ccccc6oc54)c3)nc(-c3cccc4c3sc3ccccc34)n2)cc1. The summed E-state index contributed by atoms with van der Waals surface area (Å²) in [5, 5.41) is 6.96. The van der Waals surface area contributed by atoms with E-state index in [0.717, 1.165) is 60.5 Å². The number of hydrogen-bond acceptors (Lipinski definition) is 5. The molecule has 0 aliphatic carbocycles. The van der Waals surface area contributed by atoms with Crippen LogP contribution in [0.1, 0.15) is 0 Å². The van der Waals surface area contributed by atoms with Crippen LogP contribution in [-0.2, 0) is 0 Å². The fourth-order valence-electron chi connectivity index (χ4n) is 6.88. The molecule has 0 atom stereocenters. The Morgan fingerprint density at radius 2 is 1.00 bits per heavy atom. The van der Waals surface area contributed by atoms with E-state index in [1.807, 2.05) is 42.5 Å². The first kappa shape index (κ1) is 27.0. The summed E-state index contributed by atoms with van der Waals surface area (Å²) in [4.78, 5) is 15.3. The first-order valence-electron chi connectivity index (χ1n) is 15.9. The Balaban J connectivity index is 1.16. The molecule has 0 unspecified atom stereocenters. The zero-order valence-electron chi connectivity index (χ0n) is 25.6. The molecule has 0 radical (unpaired) electrons. The van der Waals surface area contributed by atoms with Crippen molar-refractivity contribution >= 4 is 64.2 Å². The van der Waals surface area contributed by atoms with Crippen LogP contribution in [0.3, 0.4) is 0 Å². The molecule has 0 N–H and O–H groups in total. The van der Waals surface area contributed by atoms with Gasteiger partial charge in [-0.3, -0.25) is 0 Å². The van der Waals surface area contributed by atoms with E-state index >= 15 is 0 Å². The molecular weight excluding hydrogens is 607 g/mol. The largest absolute Gasteiger partial charge is 0.455 e. The third kappa shape index (κ3) is 4.25. The topological polar surface area (TPSA) is 51.8 Å². The maximum Gasteiger partial charge on any atom is 0.165 e. The molecule has 0 aliphatic rings. The predicted octanol–water partition coefficient (Wildman–Crippen LogP) is 12.0. The van der Waals surface area contributed by atoms with E-state index in [-0.39, 0.29) is 0 Å². The van der Waals surface area contributed by atoms with Gasteiger partial charge in [0, 0.05) is 53.0 Å². The van der Waals surface area contributed by atoms with Crippen LogP contribution >= 0.6 is 11.3 Å². The van der Waals surface area contributed by atoms with Crippen LogP contribution in [0.25, 0.3) is 98.2 Å². The van der Waals surface area contributed by atoms with Gasteiger partial charge >= 0.3 is 0 Å². The van der Waals surface area contributed by atoms with Gasteiger partial charge < -0.3 is 4.42 Å². The Labute approximate surface area is 279 Å². The van der Waals surface area contributed by atoms with Crippen molar-refractivity contribution in [2.75, 3.05) is 0 Å². The zero-order valence-corrected chi connectivity index (χ0v) is 26.4. The van der Waals surface area contributed by atoms with Gasteiger partial charge in [-0.2, -0.15) is 0 Å². The minimum Gasteiger partial charge on any atom is -0.455 e. The molecule has 0 bridgehead atoms. The monoisotopic (exact) mass is 631 g/mol. The number of rotatable bonds is 4. The highest BCUT2D eigenvalue weighted by molar-refractivity contribution is 7.26. The van der Waals surface area contributed by atoms with E-state index in [9.17, 15) is 0 Å². The van der Waals surface area contributed by atoms with Gasteiger partial charge in [0.25, 0.3) is 0 Å². The fraction of sp³-hybridized carbons (Fsp3) is 0.